The van der Waals surface area contributed by atoms with E-state index in [1.54, 1.807) is 0 Å². The molecule has 0 radical (unpaired) electrons. The van der Waals surface area contributed by atoms with Crippen LogP contribution in [-0.4, -0.2) is 5.78 Å². The van der Waals surface area contributed by atoms with Crippen LogP contribution in [0.3, 0.4) is 0 Å². The molecule has 4 heteroatoms. The molecule has 2 N–H and O–H groups in total. The average molecular weight is 296 g/mol. The number of carbonyl (C=O) groups is 1. The summed E-state index contributed by atoms with van der Waals surface area (Å²) < 4.78 is 0.814. The first-order valence-electron chi connectivity index (χ1n) is 4.76. The lowest BCUT2D eigenvalue weighted by Crippen LogP contribution is -2.21. The van der Waals surface area contributed by atoms with E-state index < -0.39 is 6.04 Å². The SMILES string of the molecule is N[C@@H](C(=O)c1cscc1Br)c1ccccc1. The van der Waals surface area contributed by atoms with Crippen molar-refractivity contribution in [3.8, 4) is 0 Å². The Bertz CT molecular complexity index is 495. The standard InChI is InChI=1S/C12H10BrNOS/c13-10-7-16-6-9(10)12(15)11(14)8-4-2-1-3-5-8/h1-7,11H,14H2/t11-/m1/s1. The Morgan fingerprint density at radius 3 is 2.50 bits per heavy atom. The minimum atomic E-state index is -0.591. The van der Waals surface area contributed by atoms with E-state index in [4.69, 9.17) is 5.73 Å². The second kappa shape index (κ2) is 4.91. The maximum absolute atomic E-state index is 12.1. The number of nitrogens with two attached hydrogens (primary N) is 1. The summed E-state index contributed by atoms with van der Waals surface area (Å²) in [4.78, 5) is 12.1. The van der Waals surface area contributed by atoms with Crippen molar-refractivity contribution in [2.45, 2.75) is 6.04 Å². The molecule has 1 aromatic carbocycles. The van der Waals surface area contributed by atoms with Crippen molar-refractivity contribution in [3.63, 3.8) is 0 Å². The molecule has 0 aliphatic heterocycles. The molecule has 1 atom stereocenters. The normalized spacial score (nSPS) is 12.4. The van der Waals surface area contributed by atoms with Crippen molar-refractivity contribution in [1.29, 1.82) is 0 Å². The number of benzene rings is 1. The van der Waals surface area contributed by atoms with E-state index in [0.717, 1.165) is 10.0 Å². The van der Waals surface area contributed by atoms with Crippen molar-refractivity contribution in [2.75, 3.05) is 0 Å². The summed E-state index contributed by atoms with van der Waals surface area (Å²) in [6, 6.07) is 8.80. The summed E-state index contributed by atoms with van der Waals surface area (Å²) >= 11 is 4.83. The van der Waals surface area contributed by atoms with Gasteiger partial charge in [-0.25, -0.2) is 0 Å². The van der Waals surface area contributed by atoms with Crippen LogP contribution in [0.5, 0.6) is 0 Å². The Morgan fingerprint density at radius 1 is 1.25 bits per heavy atom. The highest BCUT2D eigenvalue weighted by molar-refractivity contribution is 9.10. The third-order valence-electron chi connectivity index (χ3n) is 2.32. The van der Waals surface area contributed by atoms with Gasteiger partial charge in [0.2, 0.25) is 0 Å². The largest absolute Gasteiger partial charge is 0.318 e. The number of Topliss-reactive ketones (excluding diaryl/α,β-unsaturated/α-hetero) is 1. The van der Waals surface area contributed by atoms with Crippen LogP contribution in [0.2, 0.25) is 0 Å². The summed E-state index contributed by atoms with van der Waals surface area (Å²) in [5.41, 5.74) is 7.43. The minimum Gasteiger partial charge on any atom is -0.318 e. The van der Waals surface area contributed by atoms with Gasteiger partial charge in [0.1, 0.15) is 0 Å². The molecule has 0 spiro atoms. The van der Waals surface area contributed by atoms with E-state index in [2.05, 4.69) is 15.9 Å². The second-order valence-electron chi connectivity index (χ2n) is 3.39. The van der Waals surface area contributed by atoms with E-state index in [9.17, 15) is 4.79 Å². The Kier molecular flexibility index (Phi) is 3.53. The van der Waals surface area contributed by atoms with Gasteiger partial charge in [-0.05, 0) is 21.5 Å². The molecule has 1 heterocycles. The van der Waals surface area contributed by atoms with E-state index >= 15 is 0 Å². The van der Waals surface area contributed by atoms with E-state index in [0.29, 0.717) is 5.56 Å². The molecular formula is C12H10BrNOS. The van der Waals surface area contributed by atoms with E-state index in [1.165, 1.54) is 11.3 Å². The zero-order valence-corrected chi connectivity index (χ0v) is 10.8. The number of rotatable bonds is 3. The Hall–Kier alpha value is -0.970. The maximum Gasteiger partial charge on any atom is 0.186 e. The molecule has 0 saturated carbocycles. The third kappa shape index (κ3) is 2.24. The fraction of sp³-hybridized carbons (Fsp3) is 0.0833. The van der Waals surface area contributed by atoms with Crippen molar-refractivity contribution < 1.29 is 4.79 Å². The number of hydrogen-bond donors (Lipinski definition) is 1. The fourth-order valence-electron chi connectivity index (χ4n) is 1.44. The Labute approximate surface area is 106 Å². The maximum atomic E-state index is 12.1. The molecule has 0 aliphatic rings. The number of thiophene rings is 1. The molecule has 2 rings (SSSR count). The van der Waals surface area contributed by atoms with Gasteiger partial charge in [0.05, 0.1) is 6.04 Å². The quantitative estimate of drug-likeness (QED) is 0.882. The Balaban J connectivity index is 2.27. The van der Waals surface area contributed by atoms with Crippen molar-refractivity contribution in [1.82, 2.24) is 0 Å². The van der Waals surface area contributed by atoms with Crippen LogP contribution in [0, 0.1) is 0 Å². The van der Waals surface area contributed by atoms with Crippen LogP contribution in [0.1, 0.15) is 22.0 Å². The number of carbonyl (C=O) groups excluding carboxylic acids is 1. The summed E-state index contributed by atoms with van der Waals surface area (Å²) in [5.74, 6) is -0.0562. The van der Waals surface area contributed by atoms with Gasteiger partial charge in [-0.3, -0.25) is 4.79 Å². The van der Waals surface area contributed by atoms with Crippen molar-refractivity contribution in [2.24, 2.45) is 5.73 Å². The smallest absolute Gasteiger partial charge is 0.186 e. The zero-order chi connectivity index (χ0) is 11.5. The van der Waals surface area contributed by atoms with Crippen LogP contribution < -0.4 is 5.73 Å². The first kappa shape index (κ1) is 11.5. The van der Waals surface area contributed by atoms with E-state index in [1.807, 2.05) is 41.1 Å². The molecule has 0 amide bonds. The van der Waals surface area contributed by atoms with Gasteiger partial charge < -0.3 is 5.73 Å². The van der Waals surface area contributed by atoms with E-state index in [-0.39, 0.29) is 5.78 Å². The first-order valence-corrected chi connectivity index (χ1v) is 6.50. The molecule has 2 aromatic rings. The lowest BCUT2D eigenvalue weighted by atomic mass is 10.0. The molecule has 0 saturated heterocycles. The monoisotopic (exact) mass is 295 g/mol. The number of hydrogen-bond acceptors (Lipinski definition) is 3. The molecule has 0 fully saturated rings. The van der Waals surface area contributed by atoms with Gasteiger partial charge in [0.15, 0.2) is 5.78 Å². The molecule has 0 unspecified atom stereocenters. The molecule has 16 heavy (non-hydrogen) atoms. The average Bonchev–Trinajstić information content (AvgIpc) is 2.75. The van der Waals surface area contributed by atoms with Crippen molar-refractivity contribution in [3.05, 3.63) is 56.7 Å². The van der Waals surface area contributed by atoms with Crippen LogP contribution >= 0.6 is 27.3 Å². The highest BCUT2D eigenvalue weighted by atomic mass is 79.9. The lowest BCUT2D eigenvalue weighted by molar-refractivity contribution is 0.0961. The third-order valence-corrected chi connectivity index (χ3v) is 4.02. The Morgan fingerprint density at radius 2 is 1.94 bits per heavy atom. The van der Waals surface area contributed by atoms with Gasteiger partial charge in [-0.1, -0.05) is 30.3 Å². The molecule has 0 bridgehead atoms. The predicted molar refractivity (Wildman–Crippen MR) is 69.7 cm³/mol. The van der Waals surface area contributed by atoms with Gasteiger partial charge >= 0.3 is 0 Å². The second-order valence-corrected chi connectivity index (χ2v) is 4.98. The molecular weight excluding hydrogens is 286 g/mol. The lowest BCUT2D eigenvalue weighted by Gasteiger charge is -2.10. The molecule has 2 nitrogen and oxygen atoms in total. The van der Waals surface area contributed by atoms with Crippen LogP contribution in [0.25, 0.3) is 0 Å². The number of halogens is 1. The van der Waals surface area contributed by atoms with Crippen LogP contribution in [0.4, 0.5) is 0 Å². The van der Waals surface area contributed by atoms with Crippen LogP contribution in [0.15, 0.2) is 45.6 Å². The van der Waals surface area contributed by atoms with Crippen LogP contribution in [-0.2, 0) is 0 Å². The molecule has 82 valence electrons. The first-order chi connectivity index (χ1) is 7.70. The fourth-order valence-corrected chi connectivity index (χ4v) is 2.92. The predicted octanol–water partition coefficient (Wildman–Crippen LogP) is 3.39. The van der Waals surface area contributed by atoms with Gasteiger partial charge in [0, 0.05) is 20.8 Å². The zero-order valence-electron chi connectivity index (χ0n) is 8.39. The minimum absolute atomic E-state index is 0.0562. The van der Waals surface area contributed by atoms with Gasteiger partial charge in [-0.2, -0.15) is 11.3 Å². The highest BCUT2D eigenvalue weighted by Gasteiger charge is 2.20. The summed E-state index contributed by atoms with van der Waals surface area (Å²) in [5, 5.41) is 3.69. The highest BCUT2D eigenvalue weighted by Crippen LogP contribution is 2.25. The van der Waals surface area contributed by atoms with Crippen molar-refractivity contribution >= 4 is 33.0 Å². The summed E-state index contributed by atoms with van der Waals surface area (Å²) in [6.45, 7) is 0. The summed E-state index contributed by atoms with van der Waals surface area (Å²) in [6.07, 6.45) is 0. The topological polar surface area (TPSA) is 43.1 Å². The summed E-state index contributed by atoms with van der Waals surface area (Å²) in [7, 11) is 0. The number of ketones is 1. The van der Waals surface area contributed by atoms with Gasteiger partial charge in [0.25, 0.3) is 0 Å². The molecule has 1 aromatic heterocycles. The molecule has 0 aliphatic carbocycles. The van der Waals surface area contributed by atoms with Gasteiger partial charge in [-0.15, -0.1) is 0 Å².